The number of aryl methyl sites for hydroxylation is 1. The number of carboxylic acids is 1. The first-order chi connectivity index (χ1) is 52.3. The molecule has 588 valence electrons. The summed E-state index contributed by atoms with van der Waals surface area (Å²) in [4.78, 5) is 45.1. The van der Waals surface area contributed by atoms with Gasteiger partial charge in [-0.05, 0) is 236 Å². The number of unbranched alkanes of at least 4 members (excludes halogenated alkanes) is 6. The Kier molecular flexibility index (Phi) is 34.2. The van der Waals surface area contributed by atoms with Crippen molar-refractivity contribution in [1.82, 2.24) is 0 Å². The fourth-order valence-electron chi connectivity index (χ4n) is 19.1. The van der Waals surface area contributed by atoms with Crippen LogP contribution in [0.1, 0.15) is 233 Å². The molecule has 0 radical (unpaired) electrons. The molecule has 14 nitrogen and oxygen atoms in total. The monoisotopic (exact) mass is 1480 g/mol. The summed E-state index contributed by atoms with van der Waals surface area (Å²) in [6.07, 6.45) is 31.5. The van der Waals surface area contributed by atoms with Crippen molar-refractivity contribution < 1.29 is 58.3 Å². The van der Waals surface area contributed by atoms with Crippen molar-refractivity contribution in [3.8, 4) is 17.2 Å². The number of carbonyl (C=O) groups excluding carboxylic acids is 2. The molecule has 14 heteroatoms. The van der Waals surface area contributed by atoms with Gasteiger partial charge in [0.1, 0.15) is 30.5 Å². The average Bonchev–Trinajstić information content (AvgIpc) is 1.60. The van der Waals surface area contributed by atoms with Crippen LogP contribution in [0, 0.1) is 94.0 Å². The lowest BCUT2D eigenvalue weighted by Gasteiger charge is -2.33. The SMILES string of the molecule is CCCCCC(C)CCC1C(C)CC2Cc3c(cccc3OCC(=O)O)CC21.CCCCCC(C)CCC1C(C)CC2Cc3c(cccc3OCC(=O)OCc3ccccc3)CC21.CCCCCC(O)CCC1C(O)CC2Cc3c(cccc3OCC(=O)OCc3ccccc3)CC21.Cc1ccc([N+](=O)[O-])cc1. The molecule has 0 saturated heterocycles. The highest BCUT2D eigenvalue weighted by Gasteiger charge is 2.47. The van der Waals surface area contributed by atoms with Gasteiger partial charge < -0.3 is 39.0 Å². The summed E-state index contributed by atoms with van der Waals surface area (Å²) in [5, 5.41) is 40.3. The summed E-state index contributed by atoms with van der Waals surface area (Å²) in [6.45, 7) is 18.6. The molecule has 12 rings (SSSR count). The van der Waals surface area contributed by atoms with Gasteiger partial charge in [0, 0.05) is 12.1 Å². The Morgan fingerprint density at radius 1 is 0.472 bits per heavy atom. The summed E-state index contributed by atoms with van der Waals surface area (Å²) < 4.78 is 28.3. The van der Waals surface area contributed by atoms with Crippen molar-refractivity contribution in [2.75, 3.05) is 19.8 Å². The van der Waals surface area contributed by atoms with Gasteiger partial charge in [-0.25, -0.2) is 14.4 Å². The van der Waals surface area contributed by atoms with Crippen molar-refractivity contribution in [3.63, 3.8) is 0 Å². The molecule has 0 spiro atoms. The molecular formula is C94H129NO13. The van der Waals surface area contributed by atoms with Gasteiger partial charge in [-0.1, -0.05) is 247 Å². The molecule has 15 atom stereocenters. The minimum absolute atomic E-state index is 0.0354. The zero-order chi connectivity index (χ0) is 76.9. The highest BCUT2D eigenvalue weighted by Crippen LogP contribution is 2.54. The van der Waals surface area contributed by atoms with Crippen LogP contribution in [0.15, 0.2) is 140 Å². The van der Waals surface area contributed by atoms with E-state index in [2.05, 4.69) is 72.7 Å². The molecule has 0 bridgehead atoms. The van der Waals surface area contributed by atoms with Gasteiger partial charge in [0.05, 0.1) is 17.1 Å². The Labute approximate surface area is 646 Å². The Morgan fingerprint density at radius 3 is 1.27 bits per heavy atom. The lowest BCUT2D eigenvalue weighted by molar-refractivity contribution is -0.384. The number of nitro groups is 1. The highest BCUT2D eigenvalue weighted by molar-refractivity contribution is 5.72. The van der Waals surface area contributed by atoms with E-state index in [0.717, 1.165) is 176 Å². The van der Waals surface area contributed by atoms with E-state index in [1.165, 1.54) is 136 Å². The van der Waals surface area contributed by atoms with Crippen LogP contribution in [-0.4, -0.2) is 70.2 Å². The minimum Gasteiger partial charge on any atom is -0.482 e. The van der Waals surface area contributed by atoms with Gasteiger partial charge >= 0.3 is 17.9 Å². The van der Waals surface area contributed by atoms with Gasteiger partial charge in [-0.2, -0.15) is 0 Å². The number of carboxylic acid groups (broad SMARTS) is 1. The number of esters is 2. The number of non-ortho nitro benzene ring substituents is 1. The lowest BCUT2D eigenvalue weighted by atomic mass is 9.73. The van der Waals surface area contributed by atoms with Gasteiger partial charge in [0.25, 0.3) is 5.69 Å². The van der Waals surface area contributed by atoms with Crippen LogP contribution in [0.5, 0.6) is 17.2 Å². The van der Waals surface area contributed by atoms with Crippen molar-refractivity contribution in [2.45, 2.75) is 254 Å². The fraction of sp³-hybridized carbons (Fsp3) is 0.585. The maximum absolute atomic E-state index is 12.3. The normalized spacial score (nSPS) is 23.4. The molecule has 6 aliphatic rings. The topological polar surface area (TPSA) is 201 Å². The van der Waals surface area contributed by atoms with Gasteiger partial charge in [0.15, 0.2) is 19.8 Å². The summed E-state index contributed by atoms with van der Waals surface area (Å²) in [5.74, 6) is 9.97. The van der Waals surface area contributed by atoms with Crippen LogP contribution in [0.2, 0.25) is 0 Å². The second-order valence-electron chi connectivity index (χ2n) is 33.1. The first-order valence-corrected chi connectivity index (χ1v) is 41.7. The predicted molar refractivity (Wildman–Crippen MR) is 430 cm³/mol. The quantitative estimate of drug-likeness (QED) is 0.0147. The zero-order valence-electron chi connectivity index (χ0n) is 66.4. The molecule has 0 heterocycles. The smallest absolute Gasteiger partial charge is 0.344 e. The number of nitro benzene ring substituents is 1. The molecule has 108 heavy (non-hydrogen) atoms. The Balaban J connectivity index is 0.000000176. The third kappa shape index (κ3) is 25.5. The number of ether oxygens (including phenoxy) is 5. The number of hydrogen-bond acceptors (Lipinski definition) is 12. The van der Waals surface area contributed by atoms with Crippen LogP contribution in [0.3, 0.4) is 0 Å². The Hall–Kier alpha value is -7.55. The van der Waals surface area contributed by atoms with E-state index in [1.807, 2.05) is 97.9 Å². The number of hydrogen-bond donors (Lipinski definition) is 3. The molecule has 15 unspecified atom stereocenters. The first kappa shape index (κ1) is 84.5. The van der Waals surface area contributed by atoms with Crippen LogP contribution < -0.4 is 14.2 Å². The lowest BCUT2D eigenvalue weighted by Crippen LogP contribution is -2.28. The third-order valence-electron chi connectivity index (χ3n) is 25.1. The molecule has 3 fully saturated rings. The summed E-state index contributed by atoms with van der Waals surface area (Å²) >= 11 is 0. The molecule has 3 saturated carbocycles. The number of fused-ring (bicyclic) bond motifs is 6. The van der Waals surface area contributed by atoms with Crippen LogP contribution in [-0.2, 0) is 75.6 Å². The summed E-state index contributed by atoms with van der Waals surface area (Å²) in [6, 6.07) is 44.5. The number of aliphatic hydroxyl groups excluding tert-OH is 2. The molecule has 6 aromatic carbocycles. The van der Waals surface area contributed by atoms with E-state index < -0.39 is 10.9 Å². The van der Waals surface area contributed by atoms with Crippen molar-refractivity contribution in [1.29, 1.82) is 0 Å². The minimum atomic E-state index is -0.908. The third-order valence-corrected chi connectivity index (χ3v) is 25.1. The van der Waals surface area contributed by atoms with Crippen molar-refractivity contribution in [3.05, 3.63) is 200 Å². The number of rotatable bonds is 35. The first-order valence-electron chi connectivity index (χ1n) is 41.7. The Bertz CT molecular complexity index is 3540. The second-order valence-corrected chi connectivity index (χ2v) is 33.1. The van der Waals surface area contributed by atoms with E-state index >= 15 is 0 Å². The highest BCUT2D eigenvalue weighted by atomic mass is 16.6. The zero-order valence-corrected chi connectivity index (χ0v) is 66.4. The molecule has 0 aliphatic heterocycles. The molecule has 6 aliphatic carbocycles. The number of aliphatic hydroxyl groups is 2. The van der Waals surface area contributed by atoms with E-state index in [4.69, 9.17) is 28.8 Å². The number of aliphatic carboxylic acids is 1. The van der Waals surface area contributed by atoms with E-state index in [1.54, 1.807) is 12.1 Å². The Morgan fingerprint density at radius 2 is 0.861 bits per heavy atom. The average molecular weight is 1480 g/mol. The molecule has 6 aromatic rings. The van der Waals surface area contributed by atoms with Crippen LogP contribution >= 0.6 is 0 Å². The van der Waals surface area contributed by atoms with E-state index in [-0.39, 0.29) is 68.8 Å². The number of benzene rings is 6. The summed E-state index contributed by atoms with van der Waals surface area (Å²) in [7, 11) is 0. The maximum atomic E-state index is 12.3. The van der Waals surface area contributed by atoms with Crippen LogP contribution in [0.4, 0.5) is 5.69 Å². The van der Waals surface area contributed by atoms with Gasteiger partial charge in [-0.3, -0.25) is 10.1 Å². The van der Waals surface area contributed by atoms with Crippen molar-refractivity contribution >= 4 is 23.6 Å². The largest absolute Gasteiger partial charge is 0.482 e. The van der Waals surface area contributed by atoms with Gasteiger partial charge in [-0.15, -0.1) is 0 Å². The number of carbonyl (C=O) groups is 3. The molecule has 3 N–H and O–H groups in total. The maximum Gasteiger partial charge on any atom is 0.344 e. The fourth-order valence-corrected chi connectivity index (χ4v) is 19.1. The van der Waals surface area contributed by atoms with Crippen molar-refractivity contribution in [2.24, 2.45) is 76.9 Å². The number of nitrogens with zero attached hydrogens (tertiary/aromatic N) is 1. The van der Waals surface area contributed by atoms with Gasteiger partial charge in [0.2, 0.25) is 0 Å². The molecular weight excluding hydrogens is 1350 g/mol. The molecule has 0 aromatic heterocycles. The molecule has 0 amide bonds. The summed E-state index contributed by atoms with van der Waals surface area (Å²) in [5.41, 5.74) is 10.9. The predicted octanol–water partition coefficient (Wildman–Crippen LogP) is 21.1. The van der Waals surface area contributed by atoms with E-state index in [0.29, 0.717) is 11.8 Å². The van der Waals surface area contributed by atoms with Crippen LogP contribution in [0.25, 0.3) is 0 Å². The van der Waals surface area contributed by atoms with E-state index in [9.17, 15) is 34.7 Å². The second kappa shape index (κ2) is 43.7. The standard InChI is InChI=1S/C32H44O3.C30H40O5.C25H38O3.C7H7NO2/c1-4-5-7-11-23(2)16-17-28-24(3)18-27-20-30-26(19-29(27)28)14-10-15-31(30)34-22-32(33)35-21-25-12-8-6-9-13-25;1-2-3-5-12-24(31)14-15-25-26-16-22-11-8-13-29(27(22)17-23(26)18-28(25)32)34-20-30(33)35-19-21-9-6-4-7-10-21;1-4-5-6-8-17(2)11-12-21-18(3)13-20-15-23-19(14-22(20)21)9-7-10-24(23)28-16-25(26)27;1-6-2-4-7(5-3-6)8(9)10/h6,8-10,12-15,23-24,27-29H,4-5,7,11,16-22H2,1-3H3;4,6-11,13,23-26,28,31-32H,2-3,5,12,14-20H2,1H3;7,9-10,17-18,20-22H,4-6,8,11-16H2,1-3H3,(H,26,27);2-5H,1H3.